The van der Waals surface area contributed by atoms with Crippen LogP contribution < -0.4 is 11.1 Å². The van der Waals surface area contributed by atoms with E-state index in [-0.39, 0.29) is 11.8 Å². The molecule has 2 aromatic carbocycles. The fourth-order valence-corrected chi connectivity index (χ4v) is 4.67. The van der Waals surface area contributed by atoms with Gasteiger partial charge in [-0.1, -0.05) is 18.2 Å². The van der Waals surface area contributed by atoms with Gasteiger partial charge in [-0.15, -0.1) is 0 Å². The van der Waals surface area contributed by atoms with E-state index in [0.29, 0.717) is 25.6 Å². The number of amides is 3. The molecule has 3 N–H and O–H groups in total. The van der Waals surface area contributed by atoms with Crippen molar-refractivity contribution in [1.82, 2.24) is 9.47 Å². The maximum absolute atomic E-state index is 12.9. The zero-order chi connectivity index (χ0) is 20.9. The first-order valence-electron chi connectivity index (χ1n) is 10.2. The number of carbonyl (C=O) groups excluding carboxylic acids is 2. The number of anilines is 1. The Labute approximate surface area is 170 Å². The quantitative estimate of drug-likeness (QED) is 0.696. The Kier molecular flexibility index (Phi) is 4.73. The van der Waals surface area contributed by atoms with Gasteiger partial charge in [0, 0.05) is 41.1 Å². The number of hydrogen-bond donors (Lipinski definition) is 2. The predicted molar refractivity (Wildman–Crippen MR) is 117 cm³/mol. The van der Waals surface area contributed by atoms with Gasteiger partial charge in [0.25, 0.3) is 0 Å². The number of likely N-dealkylation sites (tertiary alicyclic amines) is 1. The number of benzene rings is 2. The molecule has 1 aliphatic rings. The van der Waals surface area contributed by atoms with Crippen molar-refractivity contribution in [2.75, 3.05) is 18.4 Å². The molecule has 0 bridgehead atoms. The van der Waals surface area contributed by atoms with Gasteiger partial charge in [-0.25, -0.2) is 4.79 Å². The van der Waals surface area contributed by atoms with Gasteiger partial charge in [0.05, 0.1) is 11.4 Å². The zero-order valence-electron chi connectivity index (χ0n) is 17.5. The van der Waals surface area contributed by atoms with Gasteiger partial charge in [-0.2, -0.15) is 0 Å². The summed E-state index contributed by atoms with van der Waals surface area (Å²) in [6.45, 7) is 9.41. The zero-order valence-corrected chi connectivity index (χ0v) is 17.5. The van der Waals surface area contributed by atoms with Gasteiger partial charge in [0.2, 0.25) is 5.91 Å². The Morgan fingerprint density at radius 2 is 1.90 bits per heavy atom. The third-order valence-corrected chi connectivity index (χ3v) is 6.08. The minimum atomic E-state index is -0.462. The predicted octanol–water partition coefficient (Wildman–Crippen LogP) is 4.33. The van der Waals surface area contributed by atoms with E-state index in [0.717, 1.165) is 16.8 Å². The number of primary amides is 1. The van der Waals surface area contributed by atoms with E-state index >= 15 is 0 Å². The lowest BCUT2D eigenvalue weighted by molar-refractivity contribution is -0.119. The van der Waals surface area contributed by atoms with Crippen LogP contribution in [-0.2, 0) is 4.79 Å². The van der Waals surface area contributed by atoms with E-state index in [1.54, 1.807) is 0 Å². The van der Waals surface area contributed by atoms with Crippen LogP contribution in [0.2, 0.25) is 0 Å². The average molecular weight is 393 g/mol. The minimum absolute atomic E-state index is 0.0492. The molecule has 0 spiro atoms. The molecule has 4 rings (SSSR count). The van der Waals surface area contributed by atoms with Crippen molar-refractivity contribution in [1.29, 1.82) is 0 Å². The third-order valence-electron chi connectivity index (χ3n) is 6.08. The van der Waals surface area contributed by atoms with Gasteiger partial charge in [-0.3, -0.25) is 4.79 Å². The highest BCUT2D eigenvalue weighted by Gasteiger charge is 2.30. The second kappa shape index (κ2) is 7.10. The van der Waals surface area contributed by atoms with E-state index in [4.69, 9.17) is 5.73 Å². The number of aryl methyl sites for hydroxylation is 2. The number of fused-ring (bicyclic) bond motifs is 3. The molecule has 1 atom stereocenters. The molecule has 1 aliphatic heterocycles. The molecule has 1 fully saturated rings. The number of hydrogen-bond acceptors (Lipinski definition) is 2. The van der Waals surface area contributed by atoms with E-state index < -0.39 is 6.03 Å². The second-order valence-corrected chi connectivity index (χ2v) is 8.33. The number of urea groups is 1. The summed E-state index contributed by atoms with van der Waals surface area (Å²) in [6, 6.07) is 10.5. The molecular formula is C23H28N4O2. The van der Waals surface area contributed by atoms with Crippen LogP contribution in [0, 0.1) is 19.8 Å². The molecule has 6 nitrogen and oxygen atoms in total. The Balaban J connectivity index is 1.78. The Hall–Kier alpha value is -3.02. The van der Waals surface area contributed by atoms with Crippen LogP contribution in [0.15, 0.2) is 30.3 Å². The highest BCUT2D eigenvalue weighted by Crippen LogP contribution is 2.38. The van der Waals surface area contributed by atoms with Gasteiger partial charge < -0.3 is 20.5 Å². The molecule has 0 radical (unpaired) electrons. The summed E-state index contributed by atoms with van der Waals surface area (Å²) >= 11 is 0. The number of nitrogens with one attached hydrogen (secondary N) is 1. The molecule has 2 heterocycles. The second-order valence-electron chi connectivity index (χ2n) is 8.33. The molecule has 6 heteroatoms. The van der Waals surface area contributed by atoms with E-state index in [1.165, 1.54) is 26.7 Å². The lowest BCUT2D eigenvalue weighted by Gasteiger charge is -2.18. The van der Waals surface area contributed by atoms with Gasteiger partial charge >= 0.3 is 6.03 Å². The van der Waals surface area contributed by atoms with Crippen LogP contribution in [0.25, 0.3) is 21.8 Å². The Bertz CT molecular complexity index is 1130. The summed E-state index contributed by atoms with van der Waals surface area (Å²) in [7, 11) is 0. The van der Waals surface area contributed by atoms with Crippen molar-refractivity contribution in [2.24, 2.45) is 11.7 Å². The number of nitrogens with zero attached hydrogens (tertiary/aromatic N) is 2. The highest BCUT2D eigenvalue weighted by molar-refractivity contribution is 6.12. The van der Waals surface area contributed by atoms with Crippen molar-refractivity contribution in [3.63, 3.8) is 0 Å². The maximum Gasteiger partial charge on any atom is 0.314 e. The summed E-state index contributed by atoms with van der Waals surface area (Å²) in [5, 5.41) is 5.53. The first-order chi connectivity index (χ1) is 13.8. The fourth-order valence-electron chi connectivity index (χ4n) is 4.67. The van der Waals surface area contributed by atoms with Crippen molar-refractivity contribution in [3.05, 3.63) is 41.5 Å². The summed E-state index contributed by atoms with van der Waals surface area (Å²) in [4.78, 5) is 25.8. The number of para-hydroxylation sites is 1. The summed E-state index contributed by atoms with van der Waals surface area (Å²) < 4.78 is 2.36. The lowest BCUT2D eigenvalue weighted by atomic mass is 10.0. The van der Waals surface area contributed by atoms with Crippen molar-refractivity contribution >= 4 is 39.4 Å². The highest BCUT2D eigenvalue weighted by atomic mass is 16.2. The van der Waals surface area contributed by atoms with Crippen molar-refractivity contribution in [3.8, 4) is 0 Å². The van der Waals surface area contributed by atoms with E-state index in [1.807, 2.05) is 6.92 Å². The molecular weight excluding hydrogens is 364 g/mol. The summed E-state index contributed by atoms with van der Waals surface area (Å²) in [5.41, 5.74) is 10.7. The molecule has 1 saturated heterocycles. The largest absolute Gasteiger partial charge is 0.351 e. The van der Waals surface area contributed by atoms with Gasteiger partial charge in [0.15, 0.2) is 0 Å². The van der Waals surface area contributed by atoms with Crippen molar-refractivity contribution in [2.45, 2.75) is 40.2 Å². The minimum Gasteiger partial charge on any atom is -0.351 e. The molecule has 152 valence electrons. The smallest absolute Gasteiger partial charge is 0.314 e. The number of rotatable bonds is 3. The summed E-state index contributed by atoms with van der Waals surface area (Å²) in [5.74, 6) is -0.277. The van der Waals surface area contributed by atoms with E-state index in [9.17, 15) is 9.59 Å². The number of carbonyl (C=O) groups is 2. The molecule has 0 saturated carbocycles. The monoisotopic (exact) mass is 392 g/mol. The first-order valence-corrected chi connectivity index (χ1v) is 10.2. The molecule has 1 aromatic heterocycles. The van der Waals surface area contributed by atoms with Crippen LogP contribution in [0.1, 0.15) is 37.4 Å². The van der Waals surface area contributed by atoms with Crippen LogP contribution in [0.3, 0.4) is 0 Å². The maximum atomic E-state index is 12.9. The molecule has 1 unspecified atom stereocenters. The Morgan fingerprint density at radius 3 is 2.55 bits per heavy atom. The van der Waals surface area contributed by atoms with Crippen LogP contribution >= 0.6 is 0 Å². The van der Waals surface area contributed by atoms with Gasteiger partial charge in [-0.05, 0) is 57.4 Å². The molecule has 29 heavy (non-hydrogen) atoms. The van der Waals surface area contributed by atoms with Crippen molar-refractivity contribution < 1.29 is 9.59 Å². The number of nitrogens with two attached hydrogens (primary N) is 1. The summed E-state index contributed by atoms with van der Waals surface area (Å²) in [6.07, 6.45) is 0.641. The van der Waals surface area contributed by atoms with E-state index in [2.05, 4.69) is 61.0 Å². The van der Waals surface area contributed by atoms with Crippen LogP contribution in [0.5, 0.6) is 0 Å². The SMILES string of the molecule is Cc1cc2c(c(C)c1NC(=O)C1CCN(C(N)=O)C1)c1ccccc1n2C(C)C. The standard InChI is InChI=1S/C23H28N4O2/c1-13(2)27-18-8-6-5-7-17(18)20-15(4)21(14(3)11-19(20)27)25-22(28)16-9-10-26(12-16)23(24)29/h5-8,11,13,16H,9-10,12H2,1-4H3,(H2,24,29)(H,25,28). The third kappa shape index (κ3) is 3.12. The molecule has 3 aromatic rings. The molecule has 0 aliphatic carbocycles. The Morgan fingerprint density at radius 1 is 1.17 bits per heavy atom. The molecule has 3 amide bonds. The topological polar surface area (TPSA) is 80.4 Å². The fraction of sp³-hybridized carbons (Fsp3) is 0.391. The first kappa shape index (κ1) is 19.3. The van der Waals surface area contributed by atoms with Gasteiger partial charge in [0.1, 0.15) is 0 Å². The van der Waals surface area contributed by atoms with Crippen LogP contribution in [0.4, 0.5) is 10.5 Å². The van der Waals surface area contributed by atoms with Crippen LogP contribution in [-0.4, -0.2) is 34.5 Å². The average Bonchev–Trinajstić information content (AvgIpc) is 3.27. The lowest BCUT2D eigenvalue weighted by Crippen LogP contribution is -2.35. The number of aromatic nitrogens is 1. The normalized spacial score (nSPS) is 16.9.